The molecule has 1 aromatic heterocycles. The maximum atomic E-state index is 6.06. The van der Waals surface area contributed by atoms with Gasteiger partial charge in [0, 0.05) is 6.54 Å². The SMILES string of the molecule is CCc1nnc(NCc2ccc(OC)c(Cl)c2)s1. The molecular weight excluding hydrogens is 270 g/mol. The lowest BCUT2D eigenvalue weighted by atomic mass is 10.2. The molecule has 0 atom stereocenters. The molecule has 0 fully saturated rings. The molecule has 0 amide bonds. The minimum Gasteiger partial charge on any atom is -0.495 e. The monoisotopic (exact) mass is 283 g/mol. The molecule has 0 spiro atoms. The van der Waals surface area contributed by atoms with Crippen LogP contribution in [0.5, 0.6) is 5.75 Å². The summed E-state index contributed by atoms with van der Waals surface area (Å²) < 4.78 is 5.11. The maximum Gasteiger partial charge on any atom is 0.205 e. The second-order valence-corrected chi connectivity index (χ2v) is 5.15. The van der Waals surface area contributed by atoms with Crippen LogP contribution in [0.15, 0.2) is 18.2 Å². The van der Waals surface area contributed by atoms with Gasteiger partial charge in [0.05, 0.1) is 12.1 Å². The fourth-order valence-electron chi connectivity index (χ4n) is 1.47. The first kappa shape index (κ1) is 13.1. The Kier molecular flexibility index (Phi) is 4.38. The molecule has 96 valence electrons. The summed E-state index contributed by atoms with van der Waals surface area (Å²) in [5.74, 6) is 0.685. The highest BCUT2D eigenvalue weighted by Gasteiger charge is 2.04. The average molecular weight is 284 g/mol. The Labute approximate surface area is 115 Å². The maximum absolute atomic E-state index is 6.06. The lowest BCUT2D eigenvalue weighted by molar-refractivity contribution is 0.415. The molecule has 2 aromatic rings. The highest BCUT2D eigenvalue weighted by atomic mass is 35.5. The molecular formula is C12H14ClN3OS. The van der Waals surface area contributed by atoms with Crippen molar-refractivity contribution in [3.05, 3.63) is 33.8 Å². The smallest absolute Gasteiger partial charge is 0.205 e. The number of rotatable bonds is 5. The lowest BCUT2D eigenvalue weighted by Crippen LogP contribution is -1.99. The number of methoxy groups -OCH3 is 1. The van der Waals surface area contributed by atoms with Gasteiger partial charge < -0.3 is 10.1 Å². The van der Waals surface area contributed by atoms with E-state index in [1.54, 1.807) is 18.4 Å². The quantitative estimate of drug-likeness (QED) is 0.914. The number of aromatic nitrogens is 2. The van der Waals surface area contributed by atoms with Crippen LogP contribution in [-0.4, -0.2) is 17.3 Å². The van der Waals surface area contributed by atoms with Crippen LogP contribution in [0.1, 0.15) is 17.5 Å². The predicted molar refractivity (Wildman–Crippen MR) is 74.6 cm³/mol. The van der Waals surface area contributed by atoms with Gasteiger partial charge in [-0.1, -0.05) is 35.9 Å². The Morgan fingerprint density at radius 1 is 1.39 bits per heavy atom. The van der Waals surface area contributed by atoms with Crippen molar-refractivity contribution >= 4 is 28.1 Å². The molecule has 2 rings (SSSR count). The number of benzene rings is 1. The third-order valence-electron chi connectivity index (χ3n) is 2.43. The molecule has 0 bridgehead atoms. The van der Waals surface area contributed by atoms with E-state index in [9.17, 15) is 0 Å². The van der Waals surface area contributed by atoms with E-state index in [0.717, 1.165) is 22.1 Å². The lowest BCUT2D eigenvalue weighted by Gasteiger charge is -2.06. The van der Waals surface area contributed by atoms with Crippen LogP contribution >= 0.6 is 22.9 Å². The van der Waals surface area contributed by atoms with E-state index in [4.69, 9.17) is 16.3 Å². The van der Waals surface area contributed by atoms with E-state index in [1.165, 1.54) is 0 Å². The molecule has 6 heteroatoms. The molecule has 0 saturated carbocycles. The van der Waals surface area contributed by atoms with Crippen LogP contribution in [-0.2, 0) is 13.0 Å². The van der Waals surface area contributed by atoms with Crippen LogP contribution in [0.25, 0.3) is 0 Å². The standard InChI is InChI=1S/C12H14ClN3OS/c1-3-11-15-16-12(18-11)14-7-8-4-5-10(17-2)9(13)6-8/h4-6H,3,7H2,1-2H3,(H,14,16). The van der Waals surface area contributed by atoms with Gasteiger partial charge in [0.2, 0.25) is 5.13 Å². The van der Waals surface area contributed by atoms with Crippen LogP contribution in [0.4, 0.5) is 5.13 Å². The molecule has 1 heterocycles. The summed E-state index contributed by atoms with van der Waals surface area (Å²) in [7, 11) is 1.60. The number of hydrogen-bond acceptors (Lipinski definition) is 5. The second kappa shape index (κ2) is 6.02. The summed E-state index contributed by atoms with van der Waals surface area (Å²) in [4.78, 5) is 0. The summed E-state index contributed by atoms with van der Waals surface area (Å²) in [6.45, 7) is 2.73. The summed E-state index contributed by atoms with van der Waals surface area (Å²) in [5.41, 5.74) is 1.08. The van der Waals surface area contributed by atoms with Gasteiger partial charge in [-0.15, -0.1) is 10.2 Å². The number of hydrogen-bond donors (Lipinski definition) is 1. The molecule has 0 saturated heterocycles. The van der Waals surface area contributed by atoms with Gasteiger partial charge in [-0.05, 0) is 24.1 Å². The first-order valence-corrected chi connectivity index (χ1v) is 6.81. The molecule has 0 aliphatic rings. The molecule has 0 aliphatic heterocycles. The number of nitrogens with one attached hydrogen (secondary N) is 1. The van der Waals surface area contributed by atoms with E-state index in [-0.39, 0.29) is 0 Å². The Hall–Kier alpha value is -1.33. The van der Waals surface area contributed by atoms with Crippen LogP contribution < -0.4 is 10.1 Å². The highest BCUT2D eigenvalue weighted by molar-refractivity contribution is 7.15. The van der Waals surface area contributed by atoms with Crippen LogP contribution in [0.2, 0.25) is 5.02 Å². The second-order valence-electron chi connectivity index (χ2n) is 3.68. The number of ether oxygens (including phenoxy) is 1. The van der Waals surface area contributed by atoms with Crippen molar-refractivity contribution in [1.29, 1.82) is 0 Å². The van der Waals surface area contributed by atoms with E-state index >= 15 is 0 Å². The summed E-state index contributed by atoms with van der Waals surface area (Å²) in [6, 6.07) is 5.71. The fourth-order valence-corrected chi connectivity index (χ4v) is 2.42. The minimum atomic E-state index is 0.614. The number of nitrogens with zero attached hydrogens (tertiary/aromatic N) is 2. The zero-order chi connectivity index (χ0) is 13.0. The third-order valence-corrected chi connectivity index (χ3v) is 3.75. The molecule has 18 heavy (non-hydrogen) atoms. The van der Waals surface area contributed by atoms with Gasteiger partial charge in [-0.3, -0.25) is 0 Å². The van der Waals surface area contributed by atoms with E-state index in [2.05, 4.69) is 22.4 Å². The largest absolute Gasteiger partial charge is 0.495 e. The summed E-state index contributed by atoms with van der Waals surface area (Å²) in [6.07, 6.45) is 0.910. The van der Waals surface area contributed by atoms with E-state index in [0.29, 0.717) is 17.3 Å². The van der Waals surface area contributed by atoms with Crippen LogP contribution in [0.3, 0.4) is 0 Å². The highest BCUT2D eigenvalue weighted by Crippen LogP contribution is 2.25. The van der Waals surface area contributed by atoms with Gasteiger partial charge in [-0.25, -0.2) is 0 Å². The number of anilines is 1. The van der Waals surface area contributed by atoms with Gasteiger partial charge in [-0.2, -0.15) is 0 Å². The topological polar surface area (TPSA) is 47.0 Å². The Balaban J connectivity index is 1.99. The van der Waals surface area contributed by atoms with Crippen molar-refractivity contribution in [2.75, 3.05) is 12.4 Å². The van der Waals surface area contributed by atoms with Gasteiger partial charge >= 0.3 is 0 Å². The van der Waals surface area contributed by atoms with Gasteiger partial charge in [0.25, 0.3) is 0 Å². The van der Waals surface area contributed by atoms with E-state index < -0.39 is 0 Å². The van der Waals surface area contributed by atoms with Crippen molar-refractivity contribution in [2.45, 2.75) is 19.9 Å². The molecule has 0 radical (unpaired) electrons. The Bertz CT molecular complexity index is 530. The zero-order valence-electron chi connectivity index (χ0n) is 10.2. The predicted octanol–water partition coefficient (Wildman–Crippen LogP) is 3.37. The van der Waals surface area contributed by atoms with Gasteiger partial charge in [0.1, 0.15) is 10.8 Å². The molecule has 1 aromatic carbocycles. The van der Waals surface area contributed by atoms with Crippen molar-refractivity contribution in [3.8, 4) is 5.75 Å². The first-order chi connectivity index (χ1) is 8.72. The van der Waals surface area contributed by atoms with Crippen molar-refractivity contribution in [3.63, 3.8) is 0 Å². The summed E-state index contributed by atoms with van der Waals surface area (Å²) in [5, 5.41) is 13.8. The molecule has 0 unspecified atom stereocenters. The minimum absolute atomic E-state index is 0.614. The first-order valence-electron chi connectivity index (χ1n) is 5.61. The Morgan fingerprint density at radius 3 is 2.83 bits per heavy atom. The number of aryl methyl sites for hydroxylation is 1. The third kappa shape index (κ3) is 3.11. The Morgan fingerprint density at radius 2 is 2.22 bits per heavy atom. The zero-order valence-corrected chi connectivity index (χ0v) is 11.8. The molecule has 4 nitrogen and oxygen atoms in total. The molecule has 0 aliphatic carbocycles. The van der Waals surface area contributed by atoms with Crippen molar-refractivity contribution < 1.29 is 4.74 Å². The van der Waals surface area contributed by atoms with Crippen LogP contribution in [0, 0.1) is 0 Å². The van der Waals surface area contributed by atoms with Crippen molar-refractivity contribution in [2.24, 2.45) is 0 Å². The average Bonchev–Trinajstić information content (AvgIpc) is 2.84. The normalized spacial score (nSPS) is 10.4. The summed E-state index contributed by atoms with van der Waals surface area (Å²) >= 11 is 7.63. The molecule has 1 N–H and O–H groups in total. The number of halogens is 1. The van der Waals surface area contributed by atoms with Crippen molar-refractivity contribution in [1.82, 2.24) is 10.2 Å². The van der Waals surface area contributed by atoms with E-state index in [1.807, 2.05) is 18.2 Å². The van der Waals surface area contributed by atoms with Gasteiger partial charge in [0.15, 0.2) is 0 Å². The fraction of sp³-hybridized carbons (Fsp3) is 0.333.